The van der Waals surface area contributed by atoms with Crippen molar-refractivity contribution in [1.29, 1.82) is 0 Å². The Hall–Kier alpha value is -3.07. The Balaban J connectivity index is 1.31. The van der Waals surface area contributed by atoms with Gasteiger partial charge in [-0.15, -0.1) is 5.10 Å². The third-order valence-electron chi connectivity index (χ3n) is 5.12. The molecule has 0 saturated heterocycles. The fourth-order valence-electron chi connectivity index (χ4n) is 3.53. The summed E-state index contributed by atoms with van der Waals surface area (Å²) >= 11 is 8.19. The zero-order chi connectivity index (χ0) is 24.5. The molecule has 35 heavy (non-hydrogen) atoms. The first-order chi connectivity index (χ1) is 17.1. The Morgan fingerprint density at radius 3 is 2.66 bits per heavy atom. The minimum Gasteiger partial charge on any atom is -0.490 e. The van der Waals surface area contributed by atoms with Crippen LogP contribution in [-0.4, -0.2) is 39.1 Å². The number of rotatable bonds is 12. The number of tetrazole rings is 1. The summed E-state index contributed by atoms with van der Waals surface area (Å²) < 4.78 is 13.6. The van der Waals surface area contributed by atoms with Gasteiger partial charge in [0, 0.05) is 18.8 Å². The minimum absolute atomic E-state index is 0.429. The molecule has 1 heterocycles. The van der Waals surface area contributed by atoms with Gasteiger partial charge in [-0.2, -0.15) is 4.68 Å². The standard InChI is InChI=1S/C26H28ClN5O2S/c1-3-33-24-16-21(15-23(27)25(24)34-18-20-9-7-8-19(2)14-20)17-28-12-13-35-26-29-30-31-32(26)22-10-5-4-6-11-22/h4-11,14-16,28H,3,12-13,17-18H2,1-2H3. The van der Waals surface area contributed by atoms with Crippen molar-refractivity contribution in [3.8, 4) is 17.2 Å². The van der Waals surface area contributed by atoms with Crippen molar-refractivity contribution in [2.75, 3.05) is 18.9 Å². The van der Waals surface area contributed by atoms with Crippen molar-refractivity contribution < 1.29 is 9.47 Å². The van der Waals surface area contributed by atoms with Crippen LogP contribution in [0.25, 0.3) is 5.69 Å². The van der Waals surface area contributed by atoms with Gasteiger partial charge in [-0.25, -0.2) is 0 Å². The zero-order valence-corrected chi connectivity index (χ0v) is 21.4. The summed E-state index contributed by atoms with van der Waals surface area (Å²) in [6.45, 7) is 6.40. The molecule has 0 unspecified atom stereocenters. The van der Waals surface area contributed by atoms with Gasteiger partial charge in [-0.05, 0) is 59.7 Å². The molecule has 0 fully saturated rings. The first kappa shape index (κ1) is 25.0. The highest BCUT2D eigenvalue weighted by Crippen LogP contribution is 2.37. The van der Waals surface area contributed by atoms with Gasteiger partial charge < -0.3 is 14.8 Å². The van der Waals surface area contributed by atoms with Crippen molar-refractivity contribution in [2.24, 2.45) is 0 Å². The van der Waals surface area contributed by atoms with E-state index in [1.165, 1.54) is 5.56 Å². The predicted octanol–water partition coefficient (Wildman–Crippen LogP) is 5.48. The second kappa shape index (κ2) is 12.6. The van der Waals surface area contributed by atoms with Crippen LogP contribution in [0.5, 0.6) is 11.5 Å². The third kappa shape index (κ3) is 6.97. The summed E-state index contributed by atoms with van der Waals surface area (Å²) in [4.78, 5) is 0. The van der Waals surface area contributed by atoms with E-state index in [1.54, 1.807) is 16.4 Å². The Kier molecular flexibility index (Phi) is 9.00. The molecule has 9 heteroatoms. The number of hydrogen-bond donors (Lipinski definition) is 1. The Labute approximate surface area is 214 Å². The lowest BCUT2D eigenvalue weighted by Crippen LogP contribution is -2.17. The minimum atomic E-state index is 0.429. The molecular weight excluding hydrogens is 482 g/mol. The molecule has 4 aromatic rings. The number of thioether (sulfide) groups is 1. The summed E-state index contributed by atoms with van der Waals surface area (Å²) in [6, 6.07) is 22.0. The van der Waals surface area contributed by atoms with E-state index in [0.29, 0.717) is 36.3 Å². The lowest BCUT2D eigenvalue weighted by atomic mass is 10.1. The predicted molar refractivity (Wildman–Crippen MR) is 140 cm³/mol. The van der Waals surface area contributed by atoms with E-state index in [1.807, 2.05) is 61.5 Å². The van der Waals surface area contributed by atoms with Crippen LogP contribution in [0.1, 0.15) is 23.6 Å². The van der Waals surface area contributed by atoms with E-state index in [0.717, 1.165) is 34.3 Å². The average Bonchev–Trinajstić information content (AvgIpc) is 3.33. The van der Waals surface area contributed by atoms with Gasteiger partial charge in [0.15, 0.2) is 11.5 Å². The van der Waals surface area contributed by atoms with E-state index < -0.39 is 0 Å². The van der Waals surface area contributed by atoms with Crippen molar-refractivity contribution in [3.63, 3.8) is 0 Å². The molecule has 0 aliphatic heterocycles. The number of benzene rings is 3. The highest BCUT2D eigenvalue weighted by molar-refractivity contribution is 7.99. The molecule has 1 N–H and O–H groups in total. The second-order valence-corrected chi connectivity index (χ2v) is 9.32. The highest BCUT2D eigenvalue weighted by Gasteiger charge is 2.13. The zero-order valence-electron chi connectivity index (χ0n) is 19.8. The third-order valence-corrected chi connectivity index (χ3v) is 6.32. The van der Waals surface area contributed by atoms with Crippen LogP contribution in [0, 0.1) is 6.92 Å². The second-order valence-electron chi connectivity index (χ2n) is 7.85. The van der Waals surface area contributed by atoms with Crippen LogP contribution in [0.4, 0.5) is 0 Å². The molecule has 0 aliphatic carbocycles. The number of nitrogens with one attached hydrogen (secondary N) is 1. The summed E-state index contributed by atoms with van der Waals surface area (Å²) in [5, 5.41) is 16.8. The number of aryl methyl sites for hydroxylation is 1. The molecule has 0 bridgehead atoms. The Morgan fingerprint density at radius 1 is 1.00 bits per heavy atom. The first-order valence-electron chi connectivity index (χ1n) is 11.4. The highest BCUT2D eigenvalue weighted by atomic mass is 35.5. The molecule has 0 spiro atoms. The summed E-state index contributed by atoms with van der Waals surface area (Å²) in [6.07, 6.45) is 0. The molecule has 0 aliphatic rings. The van der Waals surface area contributed by atoms with E-state index in [2.05, 4.69) is 39.9 Å². The fraction of sp³-hybridized carbons (Fsp3) is 0.269. The topological polar surface area (TPSA) is 74.1 Å². The summed E-state index contributed by atoms with van der Waals surface area (Å²) in [5.41, 5.74) is 4.25. The molecule has 0 saturated carbocycles. The molecule has 3 aromatic carbocycles. The number of ether oxygens (including phenoxy) is 2. The maximum Gasteiger partial charge on any atom is 0.214 e. The van der Waals surface area contributed by atoms with Crippen molar-refractivity contribution in [2.45, 2.75) is 32.2 Å². The fourth-order valence-corrected chi connectivity index (χ4v) is 4.61. The van der Waals surface area contributed by atoms with Crippen LogP contribution >= 0.6 is 23.4 Å². The SMILES string of the molecule is CCOc1cc(CNCCSc2nnnn2-c2ccccc2)cc(Cl)c1OCc1cccc(C)c1. The number of nitrogens with zero attached hydrogens (tertiary/aromatic N) is 4. The number of halogens is 1. The smallest absolute Gasteiger partial charge is 0.214 e. The maximum absolute atomic E-state index is 6.59. The molecule has 182 valence electrons. The molecule has 4 rings (SSSR count). The van der Waals surface area contributed by atoms with Gasteiger partial charge in [0.05, 0.1) is 17.3 Å². The quantitative estimate of drug-likeness (QED) is 0.200. The Morgan fingerprint density at radius 2 is 1.86 bits per heavy atom. The lowest BCUT2D eigenvalue weighted by molar-refractivity contribution is 0.269. The van der Waals surface area contributed by atoms with E-state index in [4.69, 9.17) is 21.1 Å². The number of para-hydroxylation sites is 1. The number of hydrogen-bond acceptors (Lipinski definition) is 7. The van der Waals surface area contributed by atoms with Crippen LogP contribution in [0.3, 0.4) is 0 Å². The first-order valence-corrected chi connectivity index (χ1v) is 12.8. The largest absolute Gasteiger partial charge is 0.490 e. The molecule has 0 atom stereocenters. The summed E-state index contributed by atoms with van der Waals surface area (Å²) in [5.74, 6) is 2.04. The molecule has 0 amide bonds. The molecule has 7 nitrogen and oxygen atoms in total. The average molecular weight is 510 g/mol. The molecule has 1 aromatic heterocycles. The van der Waals surface area contributed by atoms with Crippen molar-refractivity contribution in [1.82, 2.24) is 25.5 Å². The van der Waals surface area contributed by atoms with E-state index in [9.17, 15) is 0 Å². The lowest BCUT2D eigenvalue weighted by Gasteiger charge is -2.16. The van der Waals surface area contributed by atoms with E-state index in [-0.39, 0.29) is 0 Å². The van der Waals surface area contributed by atoms with E-state index >= 15 is 0 Å². The van der Waals surface area contributed by atoms with Gasteiger partial charge in [-0.3, -0.25) is 0 Å². The van der Waals surface area contributed by atoms with Crippen LogP contribution in [0.2, 0.25) is 5.02 Å². The Bertz CT molecular complexity index is 1240. The molecular formula is C26H28ClN5O2S. The van der Waals surface area contributed by atoms with Crippen molar-refractivity contribution >= 4 is 23.4 Å². The van der Waals surface area contributed by atoms with Crippen LogP contribution in [-0.2, 0) is 13.2 Å². The van der Waals surface area contributed by atoms with Gasteiger partial charge in [-0.1, -0.05) is 71.4 Å². The monoisotopic (exact) mass is 509 g/mol. The summed E-state index contributed by atoms with van der Waals surface area (Å²) in [7, 11) is 0. The normalized spacial score (nSPS) is 10.9. The van der Waals surface area contributed by atoms with Crippen molar-refractivity contribution in [3.05, 3.63) is 88.4 Å². The van der Waals surface area contributed by atoms with Gasteiger partial charge in [0.2, 0.25) is 5.16 Å². The van der Waals surface area contributed by atoms with Crippen LogP contribution < -0.4 is 14.8 Å². The van der Waals surface area contributed by atoms with Gasteiger partial charge >= 0.3 is 0 Å². The van der Waals surface area contributed by atoms with Crippen LogP contribution in [0.15, 0.2) is 71.9 Å². The van der Waals surface area contributed by atoms with Gasteiger partial charge in [0.25, 0.3) is 0 Å². The number of aromatic nitrogens is 4. The van der Waals surface area contributed by atoms with Gasteiger partial charge in [0.1, 0.15) is 6.61 Å². The maximum atomic E-state index is 6.59. The molecule has 0 radical (unpaired) electrons.